The lowest BCUT2D eigenvalue weighted by Crippen LogP contribution is -2.21. The number of hydrogen-bond donors (Lipinski definition) is 1. The highest BCUT2D eigenvalue weighted by Crippen LogP contribution is 2.25. The molecule has 0 aliphatic heterocycles. The molecule has 0 saturated carbocycles. The van der Waals surface area contributed by atoms with Gasteiger partial charge in [0.05, 0.1) is 5.84 Å². The predicted molar refractivity (Wildman–Crippen MR) is 55.4 cm³/mol. The third-order valence-corrected chi connectivity index (χ3v) is 2.41. The molecule has 0 heterocycles. The van der Waals surface area contributed by atoms with E-state index in [9.17, 15) is 0 Å². The molecule has 0 rings (SSSR count). The van der Waals surface area contributed by atoms with E-state index in [0.717, 1.165) is 18.8 Å². The molecule has 2 N–H and O–H groups in total. The van der Waals surface area contributed by atoms with Crippen LogP contribution < -0.4 is 5.73 Å². The molecule has 72 valence electrons. The summed E-state index contributed by atoms with van der Waals surface area (Å²) in [5, 5.41) is 0. The molecule has 0 saturated heterocycles. The zero-order valence-corrected chi connectivity index (χ0v) is 9.02. The van der Waals surface area contributed by atoms with E-state index in [0.29, 0.717) is 11.3 Å². The maximum absolute atomic E-state index is 5.61. The van der Waals surface area contributed by atoms with Crippen LogP contribution in [0, 0.1) is 11.3 Å². The maximum Gasteiger partial charge on any atom is 0.0934 e. The minimum Gasteiger partial charge on any atom is -0.387 e. The van der Waals surface area contributed by atoms with Gasteiger partial charge in [-0.3, -0.25) is 4.99 Å². The van der Waals surface area contributed by atoms with Crippen LogP contribution >= 0.6 is 0 Å². The van der Waals surface area contributed by atoms with Gasteiger partial charge in [0, 0.05) is 13.0 Å². The average molecular weight is 170 g/mol. The van der Waals surface area contributed by atoms with Crippen molar-refractivity contribution in [3.8, 4) is 0 Å². The van der Waals surface area contributed by atoms with E-state index in [1.54, 1.807) is 0 Å². The molecular formula is C10H22N2. The first-order chi connectivity index (χ1) is 5.38. The van der Waals surface area contributed by atoms with Gasteiger partial charge < -0.3 is 5.73 Å². The van der Waals surface area contributed by atoms with Crippen molar-refractivity contribution >= 4 is 5.84 Å². The standard InChI is InChI=1S/C10H22N2/c1-6-9(11)12-7-8(2)10(3,4)5/h8H,6-7H2,1-5H3,(H2,11,12). The van der Waals surface area contributed by atoms with Crippen molar-refractivity contribution in [2.75, 3.05) is 6.54 Å². The lowest BCUT2D eigenvalue weighted by atomic mass is 9.82. The van der Waals surface area contributed by atoms with Crippen molar-refractivity contribution in [3.63, 3.8) is 0 Å². The van der Waals surface area contributed by atoms with Gasteiger partial charge in [0.1, 0.15) is 0 Å². The van der Waals surface area contributed by atoms with Gasteiger partial charge in [0.2, 0.25) is 0 Å². The van der Waals surface area contributed by atoms with E-state index in [4.69, 9.17) is 5.73 Å². The topological polar surface area (TPSA) is 38.4 Å². The third-order valence-electron chi connectivity index (χ3n) is 2.41. The number of amidine groups is 1. The quantitative estimate of drug-likeness (QED) is 0.512. The molecule has 0 radical (unpaired) electrons. The lowest BCUT2D eigenvalue weighted by molar-refractivity contribution is 0.269. The number of hydrogen-bond acceptors (Lipinski definition) is 1. The van der Waals surface area contributed by atoms with Gasteiger partial charge in [-0.15, -0.1) is 0 Å². The fourth-order valence-electron chi connectivity index (χ4n) is 0.640. The summed E-state index contributed by atoms with van der Waals surface area (Å²) in [5.74, 6) is 1.36. The molecule has 0 aromatic heterocycles. The Hall–Kier alpha value is -0.530. The van der Waals surface area contributed by atoms with Crippen molar-refractivity contribution in [2.45, 2.75) is 41.0 Å². The Labute approximate surface area is 76.3 Å². The highest BCUT2D eigenvalue weighted by molar-refractivity contribution is 5.79. The summed E-state index contributed by atoms with van der Waals surface area (Å²) < 4.78 is 0. The summed E-state index contributed by atoms with van der Waals surface area (Å²) >= 11 is 0. The Morgan fingerprint density at radius 3 is 2.25 bits per heavy atom. The molecule has 0 aromatic carbocycles. The first-order valence-electron chi connectivity index (χ1n) is 4.66. The summed E-state index contributed by atoms with van der Waals surface area (Å²) in [5.41, 5.74) is 5.95. The minimum absolute atomic E-state index is 0.331. The second-order valence-electron chi connectivity index (χ2n) is 4.45. The Balaban J connectivity index is 3.94. The Morgan fingerprint density at radius 1 is 1.42 bits per heavy atom. The molecule has 0 aliphatic carbocycles. The molecule has 2 nitrogen and oxygen atoms in total. The van der Waals surface area contributed by atoms with Gasteiger partial charge in [-0.1, -0.05) is 34.6 Å². The normalized spacial score (nSPS) is 16.2. The zero-order valence-electron chi connectivity index (χ0n) is 9.02. The van der Waals surface area contributed by atoms with Crippen molar-refractivity contribution in [3.05, 3.63) is 0 Å². The lowest BCUT2D eigenvalue weighted by Gasteiger charge is -2.25. The van der Waals surface area contributed by atoms with Gasteiger partial charge >= 0.3 is 0 Å². The molecule has 2 heteroatoms. The van der Waals surface area contributed by atoms with E-state index in [-0.39, 0.29) is 0 Å². The third kappa shape index (κ3) is 4.37. The van der Waals surface area contributed by atoms with Crippen LogP contribution in [0.3, 0.4) is 0 Å². The molecular weight excluding hydrogens is 148 g/mol. The van der Waals surface area contributed by atoms with Gasteiger partial charge in [0.15, 0.2) is 0 Å². The first kappa shape index (κ1) is 11.5. The van der Waals surface area contributed by atoms with Crippen molar-refractivity contribution in [1.82, 2.24) is 0 Å². The summed E-state index contributed by atoms with van der Waals surface area (Å²) in [6, 6.07) is 0. The second-order valence-corrected chi connectivity index (χ2v) is 4.45. The van der Waals surface area contributed by atoms with Crippen LogP contribution in [-0.2, 0) is 0 Å². The maximum atomic E-state index is 5.61. The van der Waals surface area contributed by atoms with Crippen LogP contribution in [0.15, 0.2) is 4.99 Å². The molecule has 0 spiro atoms. The molecule has 0 bridgehead atoms. The number of nitrogens with zero attached hydrogens (tertiary/aromatic N) is 1. The molecule has 0 amide bonds. The number of rotatable bonds is 3. The molecule has 0 aliphatic rings. The van der Waals surface area contributed by atoms with Crippen molar-refractivity contribution in [1.29, 1.82) is 0 Å². The minimum atomic E-state index is 0.331. The van der Waals surface area contributed by atoms with Gasteiger partial charge in [-0.25, -0.2) is 0 Å². The van der Waals surface area contributed by atoms with E-state index in [1.807, 2.05) is 6.92 Å². The monoisotopic (exact) mass is 170 g/mol. The van der Waals surface area contributed by atoms with E-state index >= 15 is 0 Å². The summed E-state index contributed by atoms with van der Waals surface area (Å²) in [6.45, 7) is 11.8. The SMILES string of the molecule is CCC(N)=NCC(C)C(C)(C)C. The fraction of sp³-hybridized carbons (Fsp3) is 0.900. The first-order valence-corrected chi connectivity index (χ1v) is 4.66. The summed E-state index contributed by atoms with van der Waals surface area (Å²) in [4.78, 5) is 4.30. The van der Waals surface area contributed by atoms with Crippen LogP contribution in [0.4, 0.5) is 0 Å². The number of nitrogens with two attached hydrogens (primary N) is 1. The van der Waals surface area contributed by atoms with Gasteiger partial charge in [0.25, 0.3) is 0 Å². The van der Waals surface area contributed by atoms with Crippen molar-refractivity contribution in [2.24, 2.45) is 22.1 Å². The van der Waals surface area contributed by atoms with Crippen LogP contribution in [-0.4, -0.2) is 12.4 Å². The predicted octanol–water partition coefficient (Wildman–Crippen LogP) is 2.44. The Bertz CT molecular complexity index is 154. The second kappa shape index (κ2) is 4.48. The molecule has 0 fully saturated rings. The zero-order chi connectivity index (χ0) is 9.78. The van der Waals surface area contributed by atoms with Crippen LogP contribution in [0.5, 0.6) is 0 Å². The highest BCUT2D eigenvalue weighted by atomic mass is 14.8. The average Bonchev–Trinajstić information content (AvgIpc) is 1.97. The molecule has 1 unspecified atom stereocenters. The molecule has 1 atom stereocenters. The largest absolute Gasteiger partial charge is 0.387 e. The number of aliphatic imine (C=N–C) groups is 1. The van der Waals surface area contributed by atoms with Crippen LogP contribution in [0.2, 0.25) is 0 Å². The Morgan fingerprint density at radius 2 is 1.92 bits per heavy atom. The van der Waals surface area contributed by atoms with Gasteiger partial charge in [-0.05, 0) is 11.3 Å². The van der Waals surface area contributed by atoms with Gasteiger partial charge in [-0.2, -0.15) is 0 Å². The highest BCUT2D eigenvalue weighted by Gasteiger charge is 2.18. The molecule has 0 aromatic rings. The smallest absolute Gasteiger partial charge is 0.0934 e. The fourth-order valence-corrected chi connectivity index (χ4v) is 0.640. The van der Waals surface area contributed by atoms with E-state index in [1.165, 1.54) is 0 Å². The van der Waals surface area contributed by atoms with E-state index < -0.39 is 0 Å². The van der Waals surface area contributed by atoms with Crippen LogP contribution in [0.25, 0.3) is 0 Å². The molecule has 12 heavy (non-hydrogen) atoms. The van der Waals surface area contributed by atoms with Crippen molar-refractivity contribution < 1.29 is 0 Å². The Kier molecular flexibility index (Phi) is 4.29. The van der Waals surface area contributed by atoms with E-state index in [2.05, 4.69) is 32.7 Å². The van der Waals surface area contributed by atoms with Crippen LogP contribution in [0.1, 0.15) is 41.0 Å². The summed E-state index contributed by atoms with van der Waals surface area (Å²) in [7, 11) is 0. The summed E-state index contributed by atoms with van der Waals surface area (Å²) in [6.07, 6.45) is 0.858.